The Kier molecular flexibility index (Phi) is 5.25. The van der Waals surface area contributed by atoms with Crippen LogP contribution in [0.4, 0.5) is 0 Å². The fourth-order valence-electron chi connectivity index (χ4n) is 1.29. The Morgan fingerprint density at radius 2 is 2.29 bits per heavy atom. The van der Waals surface area contributed by atoms with Crippen molar-refractivity contribution >= 4 is 0 Å². The molecule has 0 unspecified atom stereocenters. The zero-order valence-corrected chi connectivity index (χ0v) is 9.06. The summed E-state index contributed by atoms with van der Waals surface area (Å²) in [5.41, 5.74) is 2.31. The standard InChI is InChI=1S/C10H20N4/c1-3-9-7-10(14-13-9)8-12-6-4-5-11-2/h7,11-12H,3-6,8H2,1-2H3,(H,13,14). The summed E-state index contributed by atoms with van der Waals surface area (Å²) >= 11 is 0. The lowest BCUT2D eigenvalue weighted by atomic mass is 10.3. The highest BCUT2D eigenvalue weighted by atomic mass is 15.1. The molecule has 0 amide bonds. The minimum absolute atomic E-state index is 0.886. The lowest BCUT2D eigenvalue weighted by molar-refractivity contribution is 0.618. The van der Waals surface area contributed by atoms with E-state index in [9.17, 15) is 0 Å². The van der Waals surface area contributed by atoms with Gasteiger partial charge in [0.05, 0.1) is 5.69 Å². The van der Waals surface area contributed by atoms with Gasteiger partial charge in [0.2, 0.25) is 0 Å². The van der Waals surface area contributed by atoms with Crippen LogP contribution >= 0.6 is 0 Å². The Bertz CT molecular complexity index is 244. The van der Waals surface area contributed by atoms with Crippen molar-refractivity contribution in [2.75, 3.05) is 20.1 Å². The summed E-state index contributed by atoms with van der Waals surface area (Å²) in [5, 5.41) is 13.7. The number of H-pyrrole nitrogens is 1. The minimum atomic E-state index is 0.886. The molecule has 0 atom stereocenters. The van der Waals surface area contributed by atoms with Gasteiger partial charge in [-0.15, -0.1) is 0 Å². The molecule has 80 valence electrons. The van der Waals surface area contributed by atoms with E-state index in [1.54, 1.807) is 0 Å². The maximum absolute atomic E-state index is 4.17. The van der Waals surface area contributed by atoms with Gasteiger partial charge in [0, 0.05) is 12.2 Å². The first-order valence-electron chi connectivity index (χ1n) is 5.25. The fourth-order valence-corrected chi connectivity index (χ4v) is 1.29. The quantitative estimate of drug-likeness (QED) is 0.562. The van der Waals surface area contributed by atoms with Crippen LogP contribution in [0.3, 0.4) is 0 Å². The number of aryl methyl sites for hydroxylation is 1. The Hall–Kier alpha value is -0.870. The molecule has 0 bridgehead atoms. The number of aromatic amines is 1. The van der Waals surface area contributed by atoms with Crippen molar-refractivity contribution in [3.63, 3.8) is 0 Å². The molecule has 0 fully saturated rings. The van der Waals surface area contributed by atoms with E-state index < -0.39 is 0 Å². The van der Waals surface area contributed by atoms with Crippen molar-refractivity contribution in [2.45, 2.75) is 26.3 Å². The average Bonchev–Trinajstić information content (AvgIpc) is 2.65. The first-order chi connectivity index (χ1) is 6.86. The van der Waals surface area contributed by atoms with Crippen LogP contribution in [0.5, 0.6) is 0 Å². The van der Waals surface area contributed by atoms with Crippen LogP contribution in [0, 0.1) is 0 Å². The molecule has 0 aliphatic carbocycles. The van der Waals surface area contributed by atoms with Crippen molar-refractivity contribution in [1.82, 2.24) is 20.8 Å². The fraction of sp³-hybridized carbons (Fsp3) is 0.700. The molecule has 1 aromatic heterocycles. The maximum atomic E-state index is 4.17. The predicted octanol–water partition coefficient (Wildman–Crippen LogP) is 0.671. The molecule has 0 aliphatic heterocycles. The lowest BCUT2D eigenvalue weighted by Gasteiger charge is -2.01. The smallest absolute Gasteiger partial charge is 0.0622 e. The van der Waals surface area contributed by atoms with Gasteiger partial charge in [-0.2, -0.15) is 5.10 Å². The SMILES string of the molecule is CCc1cc(CNCCCNC)[nH]n1. The molecule has 0 saturated heterocycles. The van der Waals surface area contributed by atoms with E-state index in [-0.39, 0.29) is 0 Å². The van der Waals surface area contributed by atoms with E-state index >= 15 is 0 Å². The second-order valence-electron chi connectivity index (χ2n) is 3.37. The van der Waals surface area contributed by atoms with Crippen LogP contribution in [0.1, 0.15) is 24.7 Å². The largest absolute Gasteiger partial charge is 0.320 e. The summed E-state index contributed by atoms with van der Waals surface area (Å²) in [7, 11) is 1.97. The average molecular weight is 196 g/mol. The van der Waals surface area contributed by atoms with Gasteiger partial charge < -0.3 is 10.6 Å². The summed E-state index contributed by atoms with van der Waals surface area (Å²) < 4.78 is 0. The highest BCUT2D eigenvalue weighted by molar-refractivity contribution is 5.07. The van der Waals surface area contributed by atoms with Crippen molar-refractivity contribution in [3.05, 3.63) is 17.5 Å². The van der Waals surface area contributed by atoms with Gasteiger partial charge in [0.1, 0.15) is 0 Å². The number of nitrogens with one attached hydrogen (secondary N) is 3. The van der Waals surface area contributed by atoms with E-state index in [4.69, 9.17) is 0 Å². The van der Waals surface area contributed by atoms with Crippen molar-refractivity contribution < 1.29 is 0 Å². The number of rotatable bonds is 7. The van der Waals surface area contributed by atoms with Gasteiger partial charge in [-0.3, -0.25) is 5.10 Å². The number of nitrogens with zero attached hydrogens (tertiary/aromatic N) is 1. The molecule has 4 heteroatoms. The van der Waals surface area contributed by atoms with Crippen molar-refractivity contribution in [1.29, 1.82) is 0 Å². The summed E-state index contributed by atoms with van der Waals surface area (Å²) in [4.78, 5) is 0. The molecular weight excluding hydrogens is 176 g/mol. The Balaban J connectivity index is 2.12. The zero-order valence-electron chi connectivity index (χ0n) is 9.06. The van der Waals surface area contributed by atoms with Gasteiger partial charge >= 0.3 is 0 Å². The van der Waals surface area contributed by atoms with Gasteiger partial charge in [-0.25, -0.2) is 0 Å². The number of aromatic nitrogens is 2. The van der Waals surface area contributed by atoms with Gasteiger partial charge in [0.15, 0.2) is 0 Å². The maximum Gasteiger partial charge on any atom is 0.0622 e. The monoisotopic (exact) mass is 196 g/mol. The van der Waals surface area contributed by atoms with Crippen LogP contribution in [-0.2, 0) is 13.0 Å². The van der Waals surface area contributed by atoms with E-state index in [1.165, 1.54) is 5.69 Å². The normalized spacial score (nSPS) is 10.7. The molecule has 14 heavy (non-hydrogen) atoms. The second-order valence-corrected chi connectivity index (χ2v) is 3.37. The van der Waals surface area contributed by atoms with E-state index in [2.05, 4.69) is 33.8 Å². The molecule has 0 saturated carbocycles. The van der Waals surface area contributed by atoms with Crippen molar-refractivity contribution in [3.8, 4) is 0 Å². The molecule has 1 aromatic rings. The summed E-state index contributed by atoms with van der Waals surface area (Å²) in [6.45, 7) is 5.11. The first kappa shape index (κ1) is 11.2. The third-order valence-corrected chi connectivity index (χ3v) is 2.14. The molecule has 1 heterocycles. The summed E-state index contributed by atoms with van der Waals surface area (Å²) in [6.07, 6.45) is 2.15. The Morgan fingerprint density at radius 1 is 1.43 bits per heavy atom. The van der Waals surface area contributed by atoms with E-state index in [0.717, 1.165) is 38.2 Å². The number of hydrogen-bond donors (Lipinski definition) is 3. The third-order valence-electron chi connectivity index (χ3n) is 2.14. The zero-order chi connectivity index (χ0) is 10.2. The molecule has 0 aromatic carbocycles. The highest BCUT2D eigenvalue weighted by Crippen LogP contribution is 1.99. The molecular formula is C10H20N4. The van der Waals surface area contributed by atoms with Gasteiger partial charge in [-0.1, -0.05) is 6.92 Å². The molecule has 3 N–H and O–H groups in total. The Labute approximate surface area is 85.5 Å². The van der Waals surface area contributed by atoms with Gasteiger partial charge in [0.25, 0.3) is 0 Å². The van der Waals surface area contributed by atoms with Crippen molar-refractivity contribution in [2.24, 2.45) is 0 Å². The van der Waals surface area contributed by atoms with Crippen LogP contribution in [0.15, 0.2) is 6.07 Å². The highest BCUT2D eigenvalue weighted by Gasteiger charge is 1.97. The minimum Gasteiger partial charge on any atom is -0.320 e. The second kappa shape index (κ2) is 6.56. The third kappa shape index (κ3) is 3.89. The van der Waals surface area contributed by atoms with E-state index in [1.807, 2.05) is 7.05 Å². The number of hydrogen-bond acceptors (Lipinski definition) is 3. The summed E-state index contributed by atoms with van der Waals surface area (Å²) in [5.74, 6) is 0. The molecule has 0 spiro atoms. The molecule has 4 nitrogen and oxygen atoms in total. The molecule has 0 aliphatic rings. The van der Waals surface area contributed by atoms with Crippen LogP contribution in [0.25, 0.3) is 0 Å². The molecule has 0 radical (unpaired) electrons. The van der Waals surface area contributed by atoms with Gasteiger partial charge in [-0.05, 0) is 39.0 Å². The van der Waals surface area contributed by atoms with Crippen LogP contribution < -0.4 is 10.6 Å². The van der Waals surface area contributed by atoms with Crippen LogP contribution in [0.2, 0.25) is 0 Å². The Morgan fingerprint density at radius 3 is 2.93 bits per heavy atom. The lowest BCUT2D eigenvalue weighted by Crippen LogP contribution is -2.19. The first-order valence-corrected chi connectivity index (χ1v) is 5.25. The summed E-state index contributed by atoms with van der Waals surface area (Å²) in [6, 6.07) is 2.12. The van der Waals surface area contributed by atoms with Crippen LogP contribution in [-0.4, -0.2) is 30.3 Å². The van der Waals surface area contributed by atoms with E-state index in [0.29, 0.717) is 0 Å². The molecule has 1 rings (SSSR count). The predicted molar refractivity (Wildman–Crippen MR) is 58.2 cm³/mol. The topological polar surface area (TPSA) is 52.7 Å².